The first-order valence-electron chi connectivity index (χ1n) is 7.34. The molecule has 2 N–H and O–H groups in total. The number of aromatic nitrogens is 4. The molecule has 0 aliphatic rings. The summed E-state index contributed by atoms with van der Waals surface area (Å²) in [6, 6.07) is 9.56. The highest BCUT2D eigenvalue weighted by Crippen LogP contribution is 2.21. The number of rotatable bonds is 4. The van der Waals surface area contributed by atoms with Gasteiger partial charge in [0.1, 0.15) is 0 Å². The van der Waals surface area contributed by atoms with Crippen molar-refractivity contribution in [3.05, 3.63) is 52.7 Å². The maximum atomic E-state index is 11.9. The number of H-pyrrole nitrogens is 1. The van der Waals surface area contributed by atoms with E-state index in [1.165, 1.54) is 6.07 Å². The quantitative estimate of drug-likeness (QED) is 0.776. The predicted molar refractivity (Wildman–Crippen MR) is 87.2 cm³/mol. The van der Waals surface area contributed by atoms with Crippen LogP contribution in [0.1, 0.15) is 32.5 Å². The lowest BCUT2D eigenvalue weighted by Crippen LogP contribution is -2.20. The van der Waals surface area contributed by atoms with Crippen molar-refractivity contribution >= 4 is 17.0 Å². The van der Waals surface area contributed by atoms with E-state index < -0.39 is 0 Å². The normalized spacial score (nSPS) is 12.7. The lowest BCUT2D eigenvalue weighted by atomic mass is 10.2. The largest absolute Gasteiger partial charge is 0.354 e. The topological polar surface area (TPSA) is 75.6 Å². The molecule has 0 aliphatic heterocycles. The molecule has 0 saturated carbocycles. The van der Waals surface area contributed by atoms with E-state index in [1.54, 1.807) is 6.33 Å². The van der Waals surface area contributed by atoms with Crippen LogP contribution in [-0.2, 0) is 0 Å². The third-order valence-corrected chi connectivity index (χ3v) is 3.51. The zero-order valence-corrected chi connectivity index (χ0v) is 12.9. The summed E-state index contributed by atoms with van der Waals surface area (Å²) in [6.45, 7) is 6.01. The fraction of sp³-hybridized carbons (Fsp3) is 0.312. The van der Waals surface area contributed by atoms with E-state index in [2.05, 4.69) is 20.3 Å². The summed E-state index contributed by atoms with van der Waals surface area (Å²) in [5.74, 6) is 0.494. The molecule has 0 fully saturated rings. The first kappa shape index (κ1) is 14.3. The van der Waals surface area contributed by atoms with Crippen molar-refractivity contribution < 1.29 is 0 Å². The molecule has 0 amide bonds. The summed E-state index contributed by atoms with van der Waals surface area (Å²) >= 11 is 0. The van der Waals surface area contributed by atoms with Crippen LogP contribution >= 0.6 is 0 Å². The van der Waals surface area contributed by atoms with E-state index in [-0.39, 0.29) is 17.6 Å². The Hall–Kier alpha value is -2.63. The molecular formula is C16H19N5O. The summed E-state index contributed by atoms with van der Waals surface area (Å²) in [7, 11) is 0. The molecule has 2 aromatic heterocycles. The molecule has 1 unspecified atom stereocenters. The van der Waals surface area contributed by atoms with Gasteiger partial charge in [0.15, 0.2) is 0 Å². The maximum absolute atomic E-state index is 11.9. The van der Waals surface area contributed by atoms with Crippen molar-refractivity contribution in [2.45, 2.75) is 32.9 Å². The fourth-order valence-corrected chi connectivity index (χ4v) is 2.46. The summed E-state index contributed by atoms with van der Waals surface area (Å²) in [5.41, 5.74) is 2.50. The average Bonchev–Trinajstić information content (AvgIpc) is 2.89. The molecule has 0 saturated heterocycles. The van der Waals surface area contributed by atoms with Crippen LogP contribution < -0.4 is 10.9 Å². The summed E-state index contributed by atoms with van der Waals surface area (Å²) in [4.78, 5) is 23.5. The van der Waals surface area contributed by atoms with Crippen LogP contribution in [0.5, 0.6) is 0 Å². The van der Waals surface area contributed by atoms with Gasteiger partial charge in [0.2, 0.25) is 5.95 Å². The number of imidazole rings is 1. The Morgan fingerprint density at radius 3 is 2.77 bits per heavy atom. The SMILES string of the molecule is CC(C)Nc1nc(C(C)n2cnc3ccccc32)cc(=O)[nH]1. The highest BCUT2D eigenvalue weighted by Gasteiger charge is 2.14. The van der Waals surface area contributed by atoms with Crippen molar-refractivity contribution in [1.82, 2.24) is 19.5 Å². The molecule has 2 heterocycles. The zero-order valence-electron chi connectivity index (χ0n) is 12.9. The number of aromatic amines is 1. The van der Waals surface area contributed by atoms with Crippen molar-refractivity contribution in [2.75, 3.05) is 5.32 Å². The minimum absolute atomic E-state index is 0.0811. The van der Waals surface area contributed by atoms with Crippen LogP contribution in [0.25, 0.3) is 11.0 Å². The van der Waals surface area contributed by atoms with E-state index in [0.29, 0.717) is 11.6 Å². The minimum atomic E-state index is -0.163. The van der Waals surface area contributed by atoms with Gasteiger partial charge in [-0.3, -0.25) is 9.78 Å². The Kier molecular flexibility index (Phi) is 3.66. The van der Waals surface area contributed by atoms with E-state index >= 15 is 0 Å². The Morgan fingerprint density at radius 1 is 1.23 bits per heavy atom. The molecule has 114 valence electrons. The zero-order chi connectivity index (χ0) is 15.7. The first-order chi connectivity index (χ1) is 10.5. The Morgan fingerprint density at radius 2 is 2.00 bits per heavy atom. The lowest BCUT2D eigenvalue weighted by molar-refractivity contribution is 0.634. The second-order valence-electron chi connectivity index (χ2n) is 5.63. The van der Waals surface area contributed by atoms with Gasteiger partial charge in [-0.1, -0.05) is 12.1 Å². The third-order valence-electron chi connectivity index (χ3n) is 3.51. The molecule has 1 atom stereocenters. The summed E-state index contributed by atoms with van der Waals surface area (Å²) < 4.78 is 2.02. The predicted octanol–water partition coefficient (Wildman–Crippen LogP) is 2.55. The lowest BCUT2D eigenvalue weighted by Gasteiger charge is -2.16. The Bertz CT molecular complexity index is 849. The van der Waals surface area contributed by atoms with Gasteiger partial charge in [-0.05, 0) is 32.9 Å². The van der Waals surface area contributed by atoms with Gasteiger partial charge in [-0.25, -0.2) is 9.97 Å². The van der Waals surface area contributed by atoms with Crippen LogP contribution in [0.2, 0.25) is 0 Å². The Labute approximate surface area is 128 Å². The highest BCUT2D eigenvalue weighted by atomic mass is 16.1. The molecule has 0 radical (unpaired) electrons. The van der Waals surface area contributed by atoms with Gasteiger partial charge in [0.25, 0.3) is 5.56 Å². The van der Waals surface area contributed by atoms with Crippen LogP contribution in [0.4, 0.5) is 5.95 Å². The van der Waals surface area contributed by atoms with Gasteiger partial charge < -0.3 is 9.88 Å². The van der Waals surface area contributed by atoms with Crippen molar-refractivity contribution in [3.63, 3.8) is 0 Å². The number of nitrogens with zero attached hydrogens (tertiary/aromatic N) is 3. The van der Waals surface area contributed by atoms with Gasteiger partial charge in [-0.15, -0.1) is 0 Å². The summed E-state index contributed by atoms with van der Waals surface area (Å²) in [6.07, 6.45) is 1.79. The molecule has 6 nitrogen and oxygen atoms in total. The first-order valence-corrected chi connectivity index (χ1v) is 7.34. The van der Waals surface area contributed by atoms with Gasteiger partial charge in [0, 0.05) is 12.1 Å². The molecule has 22 heavy (non-hydrogen) atoms. The van der Waals surface area contributed by atoms with E-state index in [1.807, 2.05) is 49.6 Å². The number of hydrogen-bond acceptors (Lipinski definition) is 4. The number of fused-ring (bicyclic) bond motifs is 1. The summed E-state index contributed by atoms with van der Waals surface area (Å²) in [5, 5.41) is 3.13. The molecule has 1 aromatic carbocycles. The standard InChI is InChI=1S/C16H19N5O/c1-10(2)18-16-19-13(8-15(22)20-16)11(3)21-9-17-12-6-4-5-7-14(12)21/h4-11H,1-3H3,(H2,18,19,20,22). The van der Waals surface area contributed by atoms with E-state index in [9.17, 15) is 4.79 Å². The van der Waals surface area contributed by atoms with Crippen molar-refractivity contribution in [3.8, 4) is 0 Å². The molecule has 3 rings (SSSR count). The van der Waals surface area contributed by atoms with E-state index in [4.69, 9.17) is 0 Å². The van der Waals surface area contributed by atoms with Gasteiger partial charge >= 0.3 is 0 Å². The van der Waals surface area contributed by atoms with Crippen LogP contribution in [0, 0.1) is 0 Å². The highest BCUT2D eigenvalue weighted by molar-refractivity contribution is 5.75. The van der Waals surface area contributed by atoms with Crippen LogP contribution in [-0.4, -0.2) is 25.6 Å². The van der Waals surface area contributed by atoms with Gasteiger partial charge in [-0.2, -0.15) is 0 Å². The van der Waals surface area contributed by atoms with Crippen molar-refractivity contribution in [2.24, 2.45) is 0 Å². The minimum Gasteiger partial charge on any atom is -0.354 e. The third kappa shape index (κ3) is 2.72. The Balaban J connectivity index is 2.03. The molecule has 0 aliphatic carbocycles. The van der Waals surface area contributed by atoms with Crippen LogP contribution in [0.15, 0.2) is 41.5 Å². The van der Waals surface area contributed by atoms with E-state index in [0.717, 1.165) is 11.0 Å². The number of benzene rings is 1. The second-order valence-corrected chi connectivity index (χ2v) is 5.63. The molecule has 0 bridgehead atoms. The number of nitrogens with one attached hydrogen (secondary N) is 2. The monoisotopic (exact) mass is 297 g/mol. The molecule has 3 aromatic rings. The van der Waals surface area contributed by atoms with Crippen LogP contribution in [0.3, 0.4) is 0 Å². The average molecular weight is 297 g/mol. The van der Waals surface area contributed by atoms with Crippen molar-refractivity contribution in [1.29, 1.82) is 0 Å². The molecule has 6 heteroatoms. The fourth-order valence-electron chi connectivity index (χ4n) is 2.46. The smallest absolute Gasteiger partial charge is 0.252 e. The van der Waals surface area contributed by atoms with Gasteiger partial charge in [0.05, 0.1) is 29.1 Å². The number of para-hydroxylation sites is 2. The number of hydrogen-bond donors (Lipinski definition) is 2. The number of anilines is 1. The molecule has 0 spiro atoms. The molecular weight excluding hydrogens is 278 g/mol. The maximum Gasteiger partial charge on any atom is 0.252 e. The second kappa shape index (κ2) is 5.63.